The maximum atomic E-state index is 12.7. The zero-order valence-corrected chi connectivity index (χ0v) is 15.1. The van der Waals surface area contributed by atoms with E-state index in [-0.39, 0.29) is 17.1 Å². The number of thiophene rings is 1. The van der Waals surface area contributed by atoms with Crippen LogP contribution in [-0.4, -0.2) is 35.4 Å². The summed E-state index contributed by atoms with van der Waals surface area (Å²) in [6.45, 7) is 6.03. The van der Waals surface area contributed by atoms with Crippen LogP contribution >= 0.6 is 11.3 Å². The molecule has 122 valence electrons. The number of sulfonamides is 1. The average Bonchev–Trinajstić information content (AvgIpc) is 3.16. The first kappa shape index (κ1) is 17.2. The molecular formula is C15H23N3O2S2. The Balaban J connectivity index is 2.16. The summed E-state index contributed by atoms with van der Waals surface area (Å²) in [7, 11) is -1.94. The molecule has 2 rings (SSSR count). The average molecular weight is 342 g/mol. The van der Waals surface area contributed by atoms with Gasteiger partial charge in [-0.3, -0.25) is 0 Å². The predicted molar refractivity (Wildman–Crippen MR) is 89.7 cm³/mol. The van der Waals surface area contributed by atoms with E-state index in [2.05, 4.69) is 11.9 Å². The third-order valence-corrected chi connectivity index (χ3v) is 6.77. The van der Waals surface area contributed by atoms with Crippen molar-refractivity contribution in [3.8, 4) is 0 Å². The van der Waals surface area contributed by atoms with E-state index in [1.807, 2.05) is 35.9 Å². The molecule has 0 fully saturated rings. The first-order valence-electron chi connectivity index (χ1n) is 7.40. The molecule has 7 heteroatoms. The maximum Gasteiger partial charge on any atom is 0.262 e. The first-order chi connectivity index (χ1) is 10.4. The van der Waals surface area contributed by atoms with Gasteiger partial charge >= 0.3 is 0 Å². The minimum Gasteiger partial charge on any atom is -0.333 e. The lowest BCUT2D eigenvalue weighted by molar-refractivity contribution is 0.387. The van der Waals surface area contributed by atoms with Crippen LogP contribution in [0.3, 0.4) is 0 Å². The van der Waals surface area contributed by atoms with Gasteiger partial charge in [-0.1, -0.05) is 13.0 Å². The molecule has 0 aliphatic rings. The fourth-order valence-corrected chi connectivity index (χ4v) is 4.24. The summed E-state index contributed by atoms with van der Waals surface area (Å²) >= 11 is 1.64. The predicted octanol–water partition coefficient (Wildman–Crippen LogP) is 3.17. The second kappa shape index (κ2) is 6.93. The molecule has 22 heavy (non-hydrogen) atoms. The van der Waals surface area contributed by atoms with Gasteiger partial charge in [0.25, 0.3) is 10.0 Å². The molecule has 2 aromatic heterocycles. The highest BCUT2D eigenvalue weighted by Crippen LogP contribution is 2.20. The van der Waals surface area contributed by atoms with Crippen LogP contribution in [-0.2, 0) is 16.4 Å². The molecule has 2 heterocycles. The molecule has 0 aliphatic heterocycles. The normalized spacial score (nSPS) is 15.1. The molecule has 2 aromatic rings. The molecule has 0 unspecified atom stereocenters. The summed E-state index contributed by atoms with van der Waals surface area (Å²) in [6.07, 6.45) is 4.86. The highest BCUT2D eigenvalue weighted by molar-refractivity contribution is 7.89. The van der Waals surface area contributed by atoms with E-state index in [9.17, 15) is 8.42 Å². The van der Waals surface area contributed by atoms with Gasteiger partial charge in [0.15, 0.2) is 5.03 Å². The van der Waals surface area contributed by atoms with Crippen LogP contribution < -0.4 is 0 Å². The van der Waals surface area contributed by atoms with Gasteiger partial charge in [-0.05, 0) is 38.1 Å². The van der Waals surface area contributed by atoms with Crippen molar-refractivity contribution in [2.45, 2.75) is 50.7 Å². The Morgan fingerprint density at radius 3 is 2.73 bits per heavy atom. The zero-order chi connectivity index (χ0) is 16.3. The Hall–Kier alpha value is -1.18. The third-order valence-electron chi connectivity index (χ3n) is 4.02. The van der Waals surface area contributed by atoms with E-state index < -0.39 is 10.0 Å². The van der Waals surface area contributed by atoms with Gasteiger partial charge in [0.2, 0.25) is 0 Å². The molecule has 0 bridgehead atoms. The minimum absolute atomic E-state index is 0.114. The summed E-state index contributed by atoms with van der Waals surface area (Å²) in [5, 5.41) is 2.12. The molecule has 2 atom stereocenters. The number of hydrogen-bond donors (Lipinski definition) is 0. The van der Waals surface area contributed by atoms with Crippen molar-refractivity contribution in [3.63, 3.8) is 0 Å². The minimum atomic E-state index is -3.56. The van der Waals surface area contributed by atoms with Crippen LogP contribution in [0.2, 0.25) is 0 Å². The Labute approximate surface area is 136 Å². The van der Waals surface area contributed by atoms with Gasteiger partial charge in [-0.15, -0.1) is 11.3 Å². The largest absolute Gasteiger partial charge is 0.333 e. The standard InChI is InChI=1S/C15H23N3O2S2/c1-5-12(2)18-10-15(16-11-18)22(19,20)17(4)13(3)9-14-7-6-8-21-14/h6-8,10-13H,5,9H2,1-4H3/t12-,13+/m0/s1. The number of aromatic nitrogens is 2. The fraction of sp³-hybridized carbons (Fsp3) is 0.533. The Morgan fingerprint density at radius 2 is 2.14 bits per heavy atom. The second-order valence-electron chi connectivity index (χ2n) is 5.57. The third kappa shape index (κ3) is 3.59. The number of hydrogen-bond acceptors (Lipinski definition) is 4. The lowest BCUT2D eigenvalue weighted by Crippen LogP contribution is -2.36. The van der Waals surface area contributed by atoms with Crippen molar-refractivity contribution in [2.24, 2.45) is 0 Å². The quantitative estimate of drug-likeness (QED) is 0.777. The van der Waals surface area contributed by atoms with Gasteiger partial charge in [-0.2, -0.15) is 4.31 Å². The van der Waals surface area contributed by atoms with E-state index in [1.165, 1.54) is 9.18 Å². The molecule has 5 nitrogen and oxygen atoms in total. The summed E-state index contributed by atoms with van der Waals surface area (Å²) in [6, 6.07) is 4.14. The van der Waals surface area contributed by atoms with Crippen LogP contribution in [0, 0.1) is 0 Å². The van der Waals surface area contributed by atoms with Crippen LogP contribution in [0.15, 0.2) is 35.1 Å². The Bertz CT molecular complexity index is 692. The van der Waals surface area contributed by atoms with Gasteiger partial charge in [-0.25, -0.2) is 13.4 Å². The van der Waals surface area contributed by atoms with E-state index in [1.54, 1.807) is 30.9 Å². The zero-order valence-electron chi connectivity index (χ0n) is 13.4. The highest BCUT2D eigenvalue weighted by atomic mass is 32.2. The SMILES string of the molecule is CC[C@H](C)n1cnc(S(=O)(=O)N(C)[C@H](C)Cc2cccs2)c1. The molecule has 0 saturated heterocycles. The molecular weight excluding hydrogens is 318 g/mol. The summed E-state index contributed by atoms with van der Waals surface area (Å²) in [5.41, 5.74) is 0. The van der Waals surface area contributed by atoms with Crippen LogP contribution in [0.5, 0.6) is 0 Å². The molecule has 0 aliphatic carbocycles. The van der Waals surface area contributed by atoms with Crippen LogP contribution in [0.4, 0.5) is 0 Å². The van der Waals surface area contributed by atoms with Crippen LogP contribution in [0.25, 0.3) is 0 Å². The summed E-state index contributed by atoms with van der Waals surface area (Å²) < 4.78 is 28.6. The number of nitrogens with zero attached hydrogens (tertiary/aromatic N) is 3. The topological polar surface area (TPSA) is 55.2 Å². The second-order valence-corrected chi connectivity index (χ2v) is 8.55. The molecule has 0 N–H and O–H groups in total. The van der Waals surface area contributed by atoms with Crippen molar-refractivity contribution in [1.82, 2.24) is 13.9 Å². The van der Waals surface area contributed by atoms with Gasteiger partial charge in [0, 0.05) is 30.2 Å². The maximum absolute atomic E-state index is 12.7. The van der Waals surface area contributed by atoms with Crippen molar-refractivity contribution in [3.05, 3.63) is 34.9 Å². The van der Waals surface area contributed by atoms with Gasteiger partial charge in [0.05, 0.1) is 6.33 Å². The van der Waals surface area contributed by atoms with Gasteiger partial charge < -0.3 is 4.57 Å². The van der Waals surface area contributed by atoms with Crippen molar-refractivity contribution in [1.29, 1.82) is 0 Å². The van der Waals surface area contributed by atoms with E-state index in [0.717, 1.165) is 6.42 Å². The Morgan fingerprint density at radius 1 is 1.41 bits per heavy atom. The molecule has 0 radical (unpaired) electrons. The highest BCUT2D eigenvalue weighted by Gasteiger charge is 2.28. The monoisotopic (exact) mass is 341 g/mol. The van der Waals surface area contributed by atoms with E-state index >= 15 is 0 Å². The van der Waals surface area contributed by atoms with Crippen molar-refractivity contribution < 1.29 is 8.42 Å². The van der Waals surface area contributed by atoms with E-state index in [0.29, 0.717) is 6.42 Å². The first-order valence-corrected chi connectivity index (χ1v) is 9.72. The summed E-state index contributed by atoms with van der Waals surface area (Å²) in [4.78, 5) is 5.27. The molecule has 0 spiro atoms. The fourth-order valence-electron chi connectivity index (χ4n) is 2.14. The van der Waals surface area contributed by atoms with Crippen molar-refractivity contribution in [2.75, 3.05) is 7.05 Å². The molecule has 0 aromatic carbocycles. The lowest BCUT2D eigenvalue weighted by Gasteiger charge is -2.22. The number of likely N-dealkylation sites (N-methyl/N-ethyl adjacent to an activating group) is 1. The summed E-state index contributed by atoms with van der Waals surface area (Å²) in [5.74, 6) is 0. The smallest absolute Gasteiger partial charge is 0.262 e. The molecule has 0 amide bonds. The van der Waals surface area contributed by atoms with E-state index in [4.69, 9.17) is 0 Å². The molecule has 0 saturated carbocycles. The van der Waals surface area contributed by atoms with Crippen LogP contribution in [0.1, 0.15) is 38.1 Å². The number of imidazole rings is 1. The van der Waals surface area contributed by atoms with Crippen molar-refractivity contribution >= 4 is 21.4 Å². The lowest BCUT2D eigenvalue weighted by atomic mass is 10.2. The number of rotatable bonds is 7. The van der Waals surface area contributed by atoms with Gasteiger partial charge in [0.1, 0.15) is 0 Å². The Kier molecular flexibility index (Phi) is 5.41.